The van der Waals surface area contributed by atoms with Crippen LogP contribution in [0, 0.1) is 10.1 Å². The molecule has 0 aliphatic carbocycles. The molecule has 1 aliphatic heterocycles. The Bertz CT molecular complexity index is 757. The molecule has 0 aromatic heterocycles. The molecule has 0 N–H and O–H groups in total. The summed E-state index contributed by atoms with van der Waals surface area (Å²) in [5.41, 5.74) is 2.54. The number of anilines is 1. The highest BCUT2D eigenvalue weighted by atomic mass is 16.6. The van der Waals surface area contributed by atoms with Gasteiger partial charge >= 0.3 is 0 Å². The van der Waals surface area contributed by atoms with Crippen LogP contribution >= 0.6 is 0 Å². The number of carbonyl (C=O) groups excluding carboxylic acids is 1. The fourth-order valence-corrected chi connectivity index (χ4v) is 3.15. The van der Waals surface area contributed by atoms with Gasteiger partial charge in [0.05, 0.1) is 11.3 Å². The van der Waals surface area contributed by atoms with Gasteiger partial charge in [-0.3, -0.25) is 14.9 Å². The van der Waals surface area contributed by atoms with Gasteiger partial charge in [0.2, 0.25) is 5.91 Å². The largest absolute Gasteiger partial charge is 0.309 e. The van der Waals surface area contributed by atoms with Crippen LogP contribution in [0.1, 0.15) is 24.5 Å². The fraction of sp³-hybridized carbons (Fsp3) is 0.278. The summed E-state index contributed by atoms with van der Waals surface area (Å²) >= 11 is 0. The summed E-state index contributed by atoms with van der Waals surface area (Å²) in [5, 5.41) is 11.1. The lowest BCUT2D eigenvalue weighted by Crippen LogP contribution is -2.43. The number of nitro benzene ring substituents is 1. The van der Waals surface area contributed by atoms with Crippen LogP contribution in [0.4, 0.5) is 11.4 Å². The van der Waals surface area contributed by atoms with Gasteiger partial charge in [0.1, 0.15) is 0 Å². The van der Waals surface area contributed by atoms with Crippen molar-refractivity contribution in [2.45, 2.75) is 32.2 Å². The zero-order chi connectivity index (χ0) is 16.4. The molecule has 0 fully saturated rings. The zero-order valence-corrected chi connectivity index (χ0v) is 12.9. The van der Waals surface area contributed by atoms with Gasteiger partial charge in [-0.2, -0.15) is 0 Å². The number of aryl methyl sites for hydroxylation is 1. The van der Waals surface area contributed by atoms with Gasteiger partial charge in [-0.15, -0.1) is 0 Å². The number of benzene rings is 2. The lowest BCUT2D eigenvalue weighted by atomic mass is 9.95. The number of nitrogens with zero attached hydrogens (tertiary/aromatic N) is 2. The number of hydrogen-bond acceptors (Lipinski definition) is 3. The fourth-order valence-electron chi connectivity index (χ4n) is 3.15. The van der Waals surface area contributed by atoms with Crippen molar-refractivity contribution in [2.75, 3.05) is 4.90 Å². The Morgan fingerprint density at radius 2 is 1.91 bits per heavy atom. The molecule has 1 aliphatic rings. The molecular formula is C18H18N2O3. The second-order valence-corrected chi connectivity index (χ2v) is 5.84. The van der Waals surface area contributed by atoms with Crippen molar-refractivity contribution in [1.82, 2.24) is 0 Å². The molecule has 3 rings (SSSR count). The van der Waals surface area contributed by atoms with E-state index in [1.165, 1.54) is 6.07 Å². The third-order valence-electron chi connectivity index (χ3n) is 4.32. The number of carbonyl (C=O) groups is 1. The third-order valence-corrected chi connectivity index (χ3v) is 4.32. The van der Waals surface area contributed by atoms with E-state index in [0.717, 1.165) is 24.1 Å². The van der Waals surface area contributed by atoms with E-state index in [2.05, 4.69) is 0 Å². The van der Waals surface area contributed by atoms with Crippen molar-refractivity contribution in [1.29, 1.82) is 0 Å². The number of rotatable bonds is 3. The van der Waals surface area contributed by atoms with Crippen molar-refractivity contribution in [3.8, 4) is 0 Å². The summed E-state index contributed by atoms with van der Waals surface area (Å²) in [7, 11) is 0. The average Bonchev–Trinajstić information content (AvgIpc) is 2.54. The first kappa shape index (κ1) is 15.2. The first-order valence-corrected chi connectivity index (χ1v) is 7.70. The van der Waals surface area contributed by atoms with Crippen molar-refractivity contribution in [2.24, 2.45) is 0 Å². The van der Waals surface area contributed by atoms with Crippen molar-refractivity contribution in [3.63, 3.8) is 0 Å². The molecule has 0 bridgehead atoms. The minimum absolute atomic E-state index is 0.00111. The maximum absolute atomic E-state index is 12.8. The van der Waals surface area contributed by atoms with Gasteiger partial charge < -0.3 is 4.90 Å². The SMILES string of the molecule is CC1CCc2ccccc2N1C(=O)Cc1ccccc1[N+](=O)[O-]. The van der Waals surface area contributed by atoms with E-state index in [4.69, 9.17) is 0 Å². The quantitative estimate of drug-likeness (QED) is 0.644. The molecule has 0 saturated heterocycles. The van der Waals surface area contributed by atoms with Gasteiger partial charge in [-0.1, -0.05) is 36.4 Å². The average molecular weight is 310 g/mol. The molecular weight excluding hydrogens is 292 g/mol. The number of hydrogen-bond donors (Lipinski definition) is 0. The van der Waals surface area contributed by atoms with Crippen molar-refractivity contribution < 1.29 is 9.72 Å². The molecule has 23 heavy (non-hydrogen) atoms. The van der Waals surface area contributed by atoms with Gasteiger partial charge in [-0.25, -0.2) is 0 Å². The molecule has 5 heteroatoms. The summed E-state index contributed by atoms with van der Waals surface area (Å²) in [5.74, 6) is -0.0982. The molecule has 0 saturated carbocycles. The smallest absolute Gasteiger partial charge is 0.273 e. The molecule has 118 valence electrons. The van der Waals surface area contributed by atoms with Crippen LogP contribution in [0.25, 0.3) is 0 Å². The highest BCUT2D eigenvalue weighted by molar-refractivity contribution is 5.96. The lowest BCUT2D eigenvalue weighted by molar-refractivity contribution is -0.385. The summed E-state index contributed by atoms with van der Waals surface area (Å²) < 4.78 is 0. The van der Waals surface area contributed by atoms with E-state index in [9.17, 15) is 14.9 Å². The van der Waals surface area contributed by atoms with Gasteiger partial charge in [0.25, 0.3) is 5.69 Å². The van der Waals surface area contributed by atoms with E-state index in [1.807, 2.05) is 31.2 Å². The Morgan fingerprint density at radius 1 is 1.22 bits per heavy atom. The zero-order valence-electron chi connectivity index (χ0n) is 12.9. The van der Waals surface area contributed by atoms with E-state index < -0.39 is 4.92 Å². The lowest BCUT2D eigenvalue weighted by Gasteiger charge is -2.35. The number of amides is 1. The molecule has 5 nitrogen and oxygen atoms in total. The minimum Gasteiger partial charge on any atom is -0.309 e. The molecule has 1 heterocycles. The van der Waals surface area contributed by atoms with E-state index in [0.29, 0.717) is 5.56 Å². The second-order valence-electron chi connectivity index (χ2n) is 5.84. The Kier molecular flexibility index (Phi) is 4.10. The van der Waals surface area contributed by atoms with Crippen LogP contribution in [-0.4, -0.2) is 16.9 Å². The second kappa shape index (κ2) is 6.20. The number of fused-ring (bicyclic) bond motifs is 1. The van der Waals surface area contributed by atoms with Gasteiger partial charge in [0, 0.05) is 23.4 Å². The topological polar surface area (TPSA) is 63.5 Å². The van der Waals surface area contributed by atoms with Crippen LogP contribution in [0.3, 0.4) is 0 Å². The van der Waals surface area contributed by atoms with Crippen LogP contribution in [0.5, 0.6) is 0 Å². The van der Waals surface area contributed by atoms with Crippen LogP contribution in [0.2, 0.25) is 0 Å². The van der Waals surface area contributed by atoms with Crippen LogP contribution < -0.4 is 4.90 Å². The monoisotopic (exact) mass is 310 g/mol. The van der Waals surface area contributed by atoms with Crippen LogP contribution in [0.15, 0.2) is 48.5 Å². The summed E-state index contributed by atoms with van der Waals surface area (Å²) in [6, 6.07) is 14.4. The Hall–Kier alpha value is -2.69. The maximum Gasteiger partial charge on any atom is 0.273 e. The van der Waals surface area contributed by atoms with Crippen molar-refractivity contribution >= 4 is 17.3 Å². The van der Waals surface area contributed by atoms with Crippen molar-refractivity contribution in [3.05, 3.63) is 69.8 Å². The summed E-state index contributed by atoms with van der Waals surface area (Å²) in [6.07, 6.45) is 1.89. The predicted octanol–water partition coefficient (Wildman–Crippen LogP) is 3.51. The van der Waals surface area contributed by atoms with E-state index >= 15 is 0 Å². The molecule has 2 aromatic carbocycles. The normalized spacial score (nSPS) is 16.7. The highest BCUT2D eigenvalue weighted by Gasteiger charge is 2.29. The third kappa shape index (κ3) is 2.95. The van der Waals surface area contributed by atoms with Gasteiger partial charge in [-0.05, 0) is 31.4 Å². The Balaban J connectivity index is 1.91. The van der Waals surface area contributed by atoms with Crippen LogP contribution in [-0.2, 0) is 17.6 Å². The molecule has 1 unspecified atom stereocenters. The Morgan fingerprint density at radius 3 is 2.70 bits per heavy atom. The molecule has 0 spiro atoms. The molecule has 2 aromatic rings. The van der Waals surface area contributed by atoms with Gasteiger partial charge in [0.15, 0.2) is 0 Å². The maximum atomic E-state index is 12.8. The first-order valence-electron chi connectivity index (χ1n) is 7.70. The Labute approximate surface area is 134 Å². The predicted molar refractivity (Wildman–Crippen MR) is 88.5 cm³/mol. The summed E-state index contributed by atoms with van der Waals surface area (Å²) in [4.78, 5) is 25.3. The number of para-hydroxylation sites is 2. The molecule has 0 radical (unpaired) electrons. The minimum atomic E-state index is -0.434. The van der Waals surface area contributed by atoms with E-state index in [-0.39, 0.29) is 24.1 Å². The summed E-state index contributed by atoms with van der Waals surface area (Å²) in [6.45, 7) is 2.02. The molecule has 1 amide bonds. The first-order chi connectivity index (χ1) is 11.1. The molecule has 1 atom stereocenters. The van der Waals surface area contributed by atoms with E-state index in [1.54, 1.807) is 23.1 Å². The highest BCUT2D eigenvalue weighted by Crippen LogP contribution is 2.31. The standard InChI is InChI=1S/C18H18N2O3/c1-13-10-11-14-6-2-4-8-16(14)19(13)18(21)12-15-7-3-5-9-17(15)20(22)23/h2-9,13H,10-12H2,1H3. The number of nitro groups is 1.